The van der Waals surface area contributed by atoms with Gasteiger partial charge in [-0.25, -0.2) is 0 Å². The fourth-order valence-corrected chi connectivity index (χ4v) is 8.84. The molecule has 2 aromatic rings. The summed E-state index contributed by atoms with van der Waals surface area (Å²) >= 11 is 0. The smallest absolute Gasteiger partial charge is 0.270 e. The van der Waals surface area contributed by atoms with Gasteiger partial charge in [0, 0.05) is 36.1 Å². The van der Waals surface area contributed by atoms with Gasteiger partial charge in [-0.2, -0.15) is 0 Å². The molecule has 3 aliphatic rings. The lowest BCUT2D eigenvalue weighted by Gasteiger charge is -2.47. The maximum Gasteiger partial charge on any atom is 0.270 e. The largest absolute Gasteiger partial charge is 0.394 e. The van der Waals surface area contributed by atoms with Gasteiger partial charge in [-0.15, -0.1) is 0 Å². The molecule has 21 nitrogen and oxygen atoms in total. The number of aliphatic hydroxyl groups is 5. The van der Waals surface area contributed by atoms with Crippen molar-refractivity contribution in [3.8, 4) is 0 Å². The Balaban J connectivity index is 0.000000381. The molecule has 71 heavy (non-hydrogen) atoms. The number of aromatic amines is 1. The van der Waals surface area contributed by atoms with Crippen LogP contribution < -0.4 is 34.1 Å². The highest BCUT2D eigenvalue weighted by molar-refractivity contribution is 5.97. The molecule has 3 heterocycles. The van der Waals surface area contributed by atoms with Crippen LogP contribution in [-0.4, -0.2) is 146 Å². The highest BCUT2D eigenvalue weighted by Gasteiger charge is 2.50. The summed E-state index contributed by atoms with van der Waals surface area (Å²) in [5, 5.41) is 63.1. The number of carbonyl (C=O) groups is 1. The number of aliphatic hydroxyl groups excluding tert-OH is 5. The zero-order valence-electron chi connectivity index (χ0n) is 41.8. The first-order valence-electron chi connectivity index (χ1n) is 24.7. The first kappa shape index (κ1) is 59.2. The zero-order chi connectivity index (χ0) is 52.5. The molecule has 1 aromatic heterocycles. The molecule has 1 amide bonds. The summed E-state index contributed by atoms with van der Waals surface area (Å²) < 4.78 is 23.5. The fraction of sp³-hybridized carbons (Fsp3) is 0.660. The molecule has 0 bridgehead atoms. The molecule has 1 aliphatic carbocycles. The SMILES string of the molecule is CC(C)=CCC/C(C)=C/CC/C(C)=C/C=NCC1OC(OC2C(N)CC(N)C(OC3OC(CO)C(O)C(N)C3O)C2O)C(N)CC1O.CCCCCCCc1[nH]c2ccc([N+](=O)[O-])cc2c(=O)c1C(N)=O. The van der Waals surface area contributed by atoms with Crippen LogP contribution in [0.25, 0.3) is 10.9 Å². The number of aryl methyl sites for hydroxylation is 1. The van der Waals surface area contributed by atoms with Crippen LogP contribution in [0.2, 0.25) is 0 Å². The van der Waals surface area contributed by atoms with E-state index in [-0.39, 0.29) is 36.0 Å². The van der Waals surface area contributed by atoms with E-state index in [1.165, 1.54) is 34.9 Å². The Morgan fingerprint density at radius 3 is 2.13 bits per heavy atom. The Hall–Kier alpha value is -4.33. The van der Waals surface area contributed by atoms with Crippen molar-refractivity contribution in [1.29, 1.82) is 0 Å². The number of nitro benzene ring substituents is 1. The van der Waals surface area contributed by atoms with Gasteiger partial charge < -0.3 is 78.1 Å². The van der Waals surface area contributed by atoms with Crippen LogP contribution in [0.5, 0.6) is 0 Å². The number of non-ortho nitro benzene ring substituents is 1. The van der Waals surface area contributed by atoms with Gasteiger partial charge in [0.05, 0.1) is 47.2 Å². The van der Waals surface area contributed by atoms with Gasteiger partial charge in [0.1, 0.15) is 48.3 Å². The number of rotatable bonds is 22. The van der Waals surface area contributed by atoms with Crippen molar-refractivity contribution >= 4 is 28.7 Å². The summed E-state index contributed by atoms with van der Waals surface area (Å²) in [5.41, 5.74) is 34.2. The molecule has 3 fully saturated rings. The molecule has 14 atom stereocenters. The molecule has 16 N–H and O–H groups in total. The third-order valence-electron chi connectivity index (χ3n) is 13.1. The van der Waals surface area contributed by atoms with Crippen LogP contribution in [0.3, 0.4) is 0 Å². The minimum absolute atomic E-state index is 0.0986. The normalized spacial score (nSPS) is 30.5. The molecule has 21 heteroatoms. The average Bonchev–Trinajstić information content (AvgIpc) is 3.31. The van der Waals surface area contributed by atoms with Crippen LogP contribution in [0, 0.1) is 10.1 Å². The van der Waals surface area contributed by atoms with E-state index < -0.39 is 108 Å². The summed E-state index contributed by atoms with van der Waals surface area (Å²) in [6.07, 6.45) is 6.98. The van der Waals surface area contributed by atoms with Crippen LogP contribution in [0.15, 0.2) is 62.9 Å². The van der Waals surface area contributed by atoms with E-state index >= 15 is 0 Å². The highest BCUT2D eigenvalue weighted by Crippen LogP contribution is 2.31. The van der Waals surface area contributed by atoms with E-state index in [0.29, 0.717) is 17.6 Å². The van der Waals surface area contributed by atoms with Crippen molar-refractivity contribution in [2.45, 2.75) is 197 Å². The number of nitro groups is 1. The van der Waals surface area contributed by atoms with Gasteiger partial charge in [-0.05, 0) is 91.2 Å². The lowest BCUT2D eigenvalue weighted by Crippen LogP contribution is -2.68. The number of fused-ring (bicyclic) bond motifs is 1. The monoisotopic (exact) mass is 1000 g/mol. The maximum atomic E-state index is 12.6. The molecule has 398 valence electrons. The average molecular weight is 1000 g/mol. The van der Waals surface area contributed by atoms with E-state index in [9.17, 15) is 45.2 Å². The molecule has 2 aliphatic heterocycles. The number of aliphatic imine (C=N–C) groups is 1. The number of aromatic nitrogens is 1. The molecule has 14 unspecified atom stereocenters. The zero-order valence-corrected chi connectivity index (χ0v) is 41.8. The van der Waals surface area contributed by atoms with Gasteiger partial charge in [0.25, 0.3) is 11.6 Å². The standard InChI is InChI=1S/C33H59N5O9.C17H21N3O4/c1-17(2)7-5-8-18(3)9-6-10-19(4)11-12-38-15-24-23(40)14-22(36)32(44-24)46-30-20(34)13-21(35)31(29(30)43)47-33-28(42)26(37)27(41)25(16-39)45-33;1-2-3-4-5-6-7-14-15(17(18)22)16(21)12-10-11(20(23)24)8-9-13(12)19-14/h7,9,11-12,20-33,39-43H,5-6,8,10,13-16,34-37H2,1-4H3;8-10H,2-7H2,1H3,(H2,18,22)(H,19,21)/b18-9+,19-11+,38-12?;. The molecule has 0 spiro atoms. The summed E-state index contributed by atoms with van der Waals surface area (Å²) in [7, 11) is 0. The second kappa shape index (κ2) is 28.8. The second-order valence-electron chi connectivity index (χ2n) is 19.3. The third kappa shape index (κ3) is 17.1. The number of allylic oxidation sites excluding steroid dienone is 6. The number of benzene rings is 1. The topological polar surface area (TPSA) is 374 Å². The van der Waals surface area contributed by atoms with Crippen LogP contribution in [0.1, 0.15) is 121 Å². The molecule has 1 aromatic carbocycles. The van der Waals surface area contributed by atoms with E-state index in [1.54, 1.807) is 6.21 Å². The van der Waals surface area contributed by atoms with Gasteiger partial charge in [0.2, 0.25) is 5.43 Å². The number of primary amides is 1. The molecule has 0 radical (unpaired) electrons. The Morgan fingerprint density at radius 2 is 1.49 bits per heavy atom. The van der Waals surface area contributed by atoms with Crippen LogP contribution in [0.4, 0.5) is 5.69 Å². The number of H-pyrrole nitrogens is 1. The third-order valence-corrected chi connectivity index (χ3v) is 13.1. The first-order chi connectivity index (χ1) is 33.7. The number of nitrogens with one attached hydrogen (secondary N) is 1. The summed E-state index contributed by atoms with van der Waals surface area (Å²) in [6, 6.07) is 0.632. The molecular weight excluding hydrogens is 921 g/mol. The van der Waals surface area contributed by atoms with E-state index in [2.05, 4.69) is 56.7 Å². The number of nitrogens with zero attached hydrogens (tertiary/aromatic N) is 2. The van der Waals surface area contributed by atoms with Crippen molar-refractivity contribution in [2.24, 2.45) is 33.7 Å². The summed E-state index contributed by atoms with van der Waals surface area (Å²) in [6.45, 7) is 10.2. The number of unbranched alkanes of at least 4 members (excludes halogenated alkanes) is 4. The molecule has 2 saturated heterocycles. The van der Waals surface area contributed by atoms with Crippen molar-refractivity contribution in [1.82, 2.24) is 4.98 Å². The number of ether oxygens (including phenoxy) is 4. The quantitative estimate of drug-likeness (QED) is 0.0265. The summed E-state index contributed by atoms with van der Waals surface area (Å²) in [5.74, 6) is -0.812. The van der Waals surface area contributed by atoms with Crippen molar-refractivity contribution in [3.05, 3.63) is 84.7 Å². The summed E-state index contributed by atoms with van der Waals surface area (Å²) in [4.78, 5) is 42.1. The number of carbonyl (C=O) groups excluding carboxylic acids is 1. The van der Waals surface area contributed by atoms with E-state index in [1.807, 2.05) is 6.08 Å². The Kier molecular flexibility index (Phi) is 24.0. The van der Waals surface area contributed by atoms with Gasteiger partial charge in [0.15, 0.2) is 12.6 Å². The van der Waals surface area contributed by atoms with Crippen LogP contribution >= 0.6 is 0 Å². The second-order valence-corrected chi connectivity index (χ2v) is 19.3. The lowest BCUT2D eigenvalue weighted by atomic mass is 9.84. The Labute approximate surface area is 415 Å². The van der Waals surface area contributed by atoms with Crippen molar-refractivity contribution < 1.29 is 54.2 Å². The predicted molar refractivity (Wildman–Crippen MR) is 270 cm³/mol. The lowest BCUT2D eigenvalue weighted by molar-refractivity contribution is -0.384. The molecule has 1 saturated carbocycles. The number of hydrogen-bond donors (Lipinski definition) is 11. The number of hydrogen-bond acceptors (Lipinski definition) is 18. The van der Waals surface area contributed by atoms with Gasteiger partial charge in [-0.1, -0.05) is 61.5 Å². The Bertz CT molecular complexity index is 2210. The van der Waals surface area contributed by atoms with Crippen molar-refractivity contribution in [2.75, 3.05) is 13.2 Å². The van der Waals surface area contributed by atoms with Crippen molar-refractivity contribution in [3.63, 3.8) is 0 Å². The van der Waals surface area contributed by atoms with E-state index in [4.69, 9.17) is 47.6 Å². The Morgan fingerprint density at radius 1 is 0.859 bits per heavy atom. The molecular formula is C50H80N8O13. The predicted octanol–water partition coefficient (Wildman–Crippen LogP) is 2.28. The minimum atomic E-state index is -1.46. The number of nitrogens with two attached hydrogens (primary N) is 5. The van der Waals surface area contributed by atoms with E-state index in [0.717, 1.165) is 57.8 Å². The van der Waals surface area contributed by atoms with Crippen LogP contribution in [-0.2, 0) is 25.4 Å². The molecule has 5 rings (SSSR count). The van der Waals surface area contributed by atoms with Gasteiger partial charge in [-0.3, -0.25) is 24.7 Å². The highest BCUT2D eigenvalue weighted by atomic mass is 16.7. The maximum absolute atomic E-state index is 12.6. The van der Waals surface area contributed by atoms with Gasteiger partial charge >= 0.3 is 0 Å². The number of pyridine rings is 1. The number of amides is 1. The fourth-order valence-electron chi connectivity index (χ4n) is 8.84. The first-order valence-corrected chi connectivity index (χ1v) is 24.7. The minimum Gasteiger partial charge on any atom is -0.394 e.